The zero-order valence-corrected chi connectivity index (χ0v) is 17.4. The average molecular weight is 397 g/mol. The minimum atomic E-state index is -0.909. The number of esters is 1. The fourth-order valence-electron chi connectivity index (χ4n) is 2.62. The van der Waals surface area contributed by atoms with Gasteiger partial charge in [0.15, 0.2) is 17.6 Å². The minimum Gasteiger partial charge on any atom is -0.493 e. The van der Waals surface area contributed by atoms with Crippen LogP contribution in [0.25, 0.3) is 6.08 Å². The smallest absolute Gasteiger partial charge is 0.331 e. The van der Waals surface area contributed by atoms with Gasteiger partial charge in [0.25, 0.3) is 5.91 Å². The largest absolute Gasteiger partial charge is 0.493 e. The zero-order valence-electron chi connectivity index (χ0n) is 17.4. The molecule has 6 nitrogen and oxygen atoms in total. The van der Waals surface area contributed by atoms with Gasteiger partial charge in [-0.15, -0.1) is 0 Å². The summed E-state index contributed by atoms with van der Waals surface area (Å²) in [7, 11) is 3.20. The third-order valence-electron chi connectivity index (χ3n) is 4.08. The maximum atomic E-state index is 12.5. The Morgan fingerprint density at radius 3 is 2.31 bits per heavy atom. The number of rotatable bonds is 8. The summed E-state index contributed by atoms with van der Waals surface area (Å²) in [4.78, 5) is 26.0. The van der Waals surface area contributed by atoms with E-state index in [1.54, 1.807) is 39.3 Å². The maximum Gasteiger partial charge on any atom is 0.331 e. The fourth-order valence-corrected chi connectivity index (χ4v) is 2.62. The molecule has 0 unspecified atom stereocenters. The average Bonchev–Trinajstić information content (AvgIpc) is 2.72. The molecule has 29 heavy (non-hydrogen) atoms. The number of anilines is 1. The van der Waals surface area contributed by atoms with Crippen molar-refractivity contribution in [3.8, 4) is 11.5 Å². The van der Waals surface area contributed by atoms with Crippen molar-refractivity contribution in [1.29, 1.82) is 0 Å². The van der Waals surface area contributed by atoms with Gasteiger partial charge in [-0.2, -0.15) is 0 Å². The molecule has 6 heteroatoms. The van der Waals surface area contributed by atoms with Crippen LogP contribution in [0.15, 0.2) is 54.6 Å². The predicted molar refractivity (Wildman–Crippen MR) is 113 cm³/mol. The topological polar surface area (TPSA) is 65.1 Å². The lowest BCUT2D eigenvalue weighted by Crippen LogP contribution is -2.37. The number of benzene rings is 2. The van der Waals surface area contributed by atoms with Crippen molar-refractivity contribution < 1.29 is 23.8 Å². The van der Waals surface area contributed by atoms with Crippen molar-refractivity contribution in [2.45, 2.75) is 33.0 Å². The van der Waals surface area contributed by atoms with E-state index in [4.69, 9.17) is 14.2 Å². The Morgan fingerprint density at radius 1 is 1.00 bits per heavy atom. The number of nitrogens with zero attached hydrogens (tertiary/aromatic N) is 1. The lowest BCUT2D eigenvalue weighted by molar-refractivity contribution is -0.148. The molecule has 0 fully saturated rings. The Bertz CT molecular complexity index is 861. The molecule has 0 saturated heterocycles. The van der Waals surface area contributed by atoms with Gasteiger partial charge < -0.3 is 19.1 Å². The fraction of sp³-hybridized carbons (Fsp3) is 0.304. The zero-order chi connectivity index (χ0) is 21.4. The minimum absolute atomic E-state index is 0.0216. The summed E-state index contributed by atoms with van der Waals surface area (Å²) in [6, 6.07) is 14.5. The van der Waals surface area contributed by atoms with E-state index in [1.165, 1.54) is 11.0 Å². The van der Waals surface area contributed by atoms with Crippen LogP contribution >= 0.6 is 0 Å². The number of hydrogen-bond donors (Lipinski definition) is 0. The Hall–Kier alpha value is -3.28. The molecule has 0 heterocycles. The van der Waals surface area contributed by atoms with Crippen LogP contribution in [0, 0.1) is 0 Å². The molecule has 154 valence electrons. The number of para-hydroxylation sites is 1. The summed E-state index contributed by atoms with van der Waals surface area (Å²) in [6.07, 6.45) is 1.99. The summed E-state index contributed by atoms with van der Waals surface area (Å²) in [6.45, 7) is 5.41. The van der Waals surface area contributed by atoms with Gasteiger partial charge >= 0.3 is 5.97 Å². The quantitative estimate of drug-likeness (QED) is 0.496. The number of carbonyl (C=O) groups excluding carboxylic acids is 2. The molecule has 0 N–H and O–H groups in total. The third-order valence-corrected chi connectivity index (χ3v) is 4.08. The molecular weight excluding hydrogens is 370 g/mol. The van der Waals surface area contributed by atoms with E-state index in [-0.39, 0.29) is 12.0 Å². The van der Waals surface area contributed by atoms with Crippen molar-refractivity contribution >= 4 is 23.6 Å². The number of carbonyl (C=O) groups is 2. The lowest BCUT2D eigenvalue weighted by atomic mass is 10.2. The summed E-state index contributed by atoms with van der Waals surface area (Å²) in [5.74, 6) is 0.288. The Balaban J connectivity index is 1.99. The van der Waals surface area contributed by atoms with Gasteiger partial charge in [0.2, 0.25) is 0 Å². The number of ether oxygens (including phenoxy) is 3. The molecular formula is C23H27NO5. The number of likely N-dealkylation sites (N-methyl/N-ethyl adjacent to an activating group) is 1. The molecule has 2 aromatic carbocycles. The molecule has 1 atom stereocenters. The van der Waals surface area contributed by atoms with Gasteiger partial charge in [-0.3, -0.25) is 4.79 Å². The van der Waals surface area contributed by atoms with Crippen LogP contribution in [0.1, 0.15) is 26.3 Å². The Morgan fingerprint density at radius 2 is 1.69 bits per heavy atom. The number of amides is 1. The highest BCUT2D eigenvalue weighted by Crippen LogP contribution is 2.29. The second-order valence-electron chi connectivity index (χ2n) is 6.72. The van der Waals surface area contributed by atoms with E-state index in [0.29, 0.717) is 11.5 Å². The van der Waals surface area contributed by atoms with Gasteiger partial charge in [0.05, 0.1) is 13.2 Å². The van der Waals surface area contributed by atoms with Crippen LogP contribution < -0.4 is 14.4 Å². The van der Waals surface area contributed by atoms with Crippen LogP contribution in [-0.4, -0.2) is 38.2 Å². The van der Waals surface area contributed by atoms with E-state index >= 15 is 0 Å². The third kappa shape index (κ3) is 6.38. The summed E-state index contributed by atoms with van der Waals surface area (Å²) in [5.41, 5.74) is 1.47. The normalized spacial score (nSPS) is 11.9. The van der Waals surface area contributed by atoms with Gasteiger partial charge in [0, 0.05) is 18.8 Å². The van der Waals surface area contributed by atoms with Gasteiger partial charge in [-0.1, -0.05) is 24.3 Å². The van der Waals surface area contributed by atoms with Gasteiger partial charge in [-0.25, -0.2) is 4.79 Å². The molecule has 2 aromatic rings. The Kier molecular flexibility index (Phi) is 7.83. The van der Waals surface area contributed by atoms with Crippen molar-refractivity contribution in [2.24, 2.45) is 0 Å². The van der Waals surface area contributed by atoms with Crippen LogP contribution in [0.5, 0.6) is 11.5 Å². The van der Waals surface area contributed by atoms with Crippen LogP contribution in [0.3, 0.4) is 0 Å². The van der Waals surface area contributed by atoms with Crippen molar-refractivity contribution in [3.05, 3.63) is 60.2 Å². The molecule has 0 aliphatic carbocycles. The number of methoxy groups -OCH3 is 1. The highest BCUT2D eigenvalue weighted by Gasteiger charge is 2.21. The van der Waals surface area contributed by atoms with Crippen molar-refractivity contribution in [1.82, 2.24) is 0 Å². The first-order chi connectivity index (χ1) is 13.8. The molecule has 0 saturated carbocycles. The first-order valence-corrected chi connectivity index (χ1v) is 9.37. The molecule has 0 aliphatic rings. The lowest BCUT2D eigenvalue weighted by Gasteiger charge is -2.21. The summed E-state index contributed by atoms with van der Waals surface area (Å²) in [5, 5.41) is 0. The van der Waals surface area contributed by atoms with Gasteiger partial charge in [0.1, 0.15) is 0 Å². The van der Waals surface area contributed by atoms with Crippen LogP contribution in [0.4, 0.5) is 5.69 Å². The first kappa shape index (κ1) is 22.0. The van der Waals surface area contributed by atoms with E-state index < -0.39 is 12.1 Å². The molecule has 0 spiro atoms. The second kappa shape index (κ2) is 10.3. The Labute approximate surface area is 171 Å². The standard InChI is InChI=1S/C23H27NO5/c1-16(2)28-20-13-11-18(15-21(20)27-5)12-14-22(25)29-17(3)23(26)24(4)19-9-7-6-8-10-19/h6-17H,1-5H3/b14-12+/t17-/m0/s1. The van der Waals surface area contributed by atoms with E-state index in [2.05, 4.69) is 0 Å². The molecule has 0 aliphatic heterocycles. The molecule has 0 radical (unpaired) electrons. The van der Waals surface area contributed by atoms with Crippen LogP contribution in [0.2, 0.25) is 0 Å². The van der Waals surface area contributed by atoms with Crippen molar-refractivity contribution in [2.75, 3.05) is 19.1 Å². The van der Waals surface area contributed by atoms with E-state index in [9.17, 15) is 9.59 Å². The van der Waals surface area contributed by atoms with Gasteiger partial charge in [-0.05, 0) is 56.7 Å². The van der Waals surface area contributed by atoms with Crippen LogP contribution in [-0.2, 0) is 14.3 Å². The summed E-state index contributed by atoms with van der Waals surface area (Å²) >= 11 is 0. The predicted octanol–water partition coefficient (Wildman–Crippen LogP) is 4.09. The van der Waals surface area contributed by atoms with E-state index in [0.717, 1.165) is 11.3 Å². The molecule has 1 amide bonds. The maximum absolute atomic E-state index is 12.5. The second-order valence-corrected chi connectivity index (χ2v) is 6.72. The van der Waals surface area contributed by atoms with E-state index in [1.807, 2.05) is 50.2 Å². The summed E-state index contributed by atoms with van der Waals surface area (Å²) < 4.78 is 16.2. The highest BCUT2D eigenvalue weighted by atomic mass is 16.5. The SMILES string of the molecule is COc1cc(/C=C/C(=O)O[C@@H](C)C(=O)N(C)c2ccccc2)ccc1OC(C)C. The molecule has 0 bridgehead atoms. The van der Waals surface area contributed by atoms with Crippen molar-refractivity contribution in [3.63, 3.8) is 0 Å². The monoisotopic (exact) mass is 397 g/mol. The number of hydrogen-bond acceptors (Lipinski definition) is 5. The molecule has 2 rings (SSSR count). The molecule has 0 aromatic heterocycles. The highest BCUT2D eigenvalue weighted by molar-refractivity contribution is 5.98. The first-order valence-electron chi connectivity index (χ1n) is 9.37.